The number of aromatic amines is 1. The zero-order valence-electron chi connectivity index (χ0n) is 19.4. The Morgan fingerprint density at radius 2 is 1.79 bits per heavy atom. The van der Waals surface area contributed by atoms with Crippen LogP contribution in [0.15, 0.2) is 54.3 Å². The van der Waals surface area contributed by atoms with Crippen LogP contribution in [0.1, 0.15) is 47.5 Å². The molecule has 7 nitrogen and oxygen atoms in total. The standard InChI is InChI=1S/C26H31N5O2S/c32-25(20-5-2-1-3-6-20)31(18-21-17-27-19-28-21)23-10-8-22(9-11-23)29-12-14-30(15-13-29)26(33)24-7-4-16-34-24/h4,7-11,16-17,19-20H,1-3,5-6,12-15,18H2,(H,27,28). The van der Waals surface area contributed by atoms with Crippen molar-refractivity contribution in [3.63, 3.8) is 0 Å². The molecule has 2 fully saturated rings. The lowest BCUT2D eigenvalue weighted by Crippen LogP contribution is -2.48. The Balaban J connectivity index is 1.26. The molecule has 2 amide bonds. The average Bonchev–Trinajstić information content (AvgIpc) is 3.62. The van der Waals surface area contributed by atoms with Gasteiger partial charge in [0.15, 0.2) is 0 Å². The molecule has 0 bridgehead atoms. The first-order valence-corrected chi connectivity index (χ1v) is 13.0. The predicted molar refractivity (Wildman–Crippen MR) is 135 cm³/mol. The molecule has 2 aromatic heterocycles. The smallest absolute Gasteiger partial charge is 0.264 e. The minimum atomic E-state index is 0.102. The second-order valence-corrected chi connectivity index (χ2v) is 10.1. The fraction of sp³-hybridized carbons (Fsp3) is 0.423. The van der Waals surface area contributed by atoms with E-state index in [4.69, 9.17) is 0 Å². The number of thiophene rings is 1. The minimum Gasteiger partial charge on any atom is -0.368 e. The molecule has 3 aromatic rings. The van der Waals surface area contributed by atoms with Crippen molar-refractivity contribution in [2.75, 3.05) is 36.0 Å². The van der Waals surface area contributed by atoms with Gasteiger partial charge in [0.25, 0.3) is 5.91 Å². The maximum absolute atomic E-state index is 13.5. The Morgan fingerprint density at radius 3 is 2.44 bits per heavy atom. The molecule has 0 atom stereocenters. The summed E-state index contributed by atoms with van der Waals surface area (Å²) in [5, 5.41) is 1.94. The van der Waals surface area contributed by atoms with Crippen molar-refractivity contribution in [1.29, 1.82) is 0 Å². The third-order valence-corrected chi connectivity index (χ3v) is 7.79. The Hall–Kier alpha value is -3.13. The third kappa shape index (κ3) is 5.01. The number of benzene rings is 1. The monoisotopic (exact) mass is 477 g/mol. The van der Waals surface area contributed by atoms with Crippen molar-refractivity contribution in [2.24, 2.45) is 5.92 Å². The molecule has 2 aliphatic rings. The molecule has 1 saturated heterocycles. The summed E-state index contributed by atoms with van der Waals surface area (Å²) in [6.07, 6.45) is 8.89. The van der Waals surface area contributed by atoms with Crippen LogP contribution in [-0.4, -0.2) is 52.9 Å². The Kier molecular flexibility index (Phi) is 6.94. The van der Waals surface area contributed by atoms with Crippen LogP contribution in [0.2, 0.25) is 0 Å². The molecular weight excluding hydrogens is 446 g/mol. The van der Waals surface area contributed by atoms with Gasteiger partial charge in [-0.2, -0.15) is 0 Å². The summed E-state index contributed by atoms with van der Waals surface area (Å²) in [4.78, 5) is 40.3. The molecule has 1 aliphatic heterocycles. The van der Waals surface area contributed by atoms with E-state index in [1.54, 1.807) is 12.5 Å². The van der Waals surface area contributed by atoms with Gasteiger partial charge in [-0.05, 0) is 48.6 Å². The highest BCUT2D eigenvalue weighted by atomic mass is 32.1. The summed E-state index contributed by atoms with van der Waals surface area (Å²) in [6, 6.07) is 12.1. The van der Waals surface area contributed by atoms with Gasteiger partial charge in [-0.1, -0.05) is 25.3 Å². The molecule has 1 aliphatic carbocycles. The van der Waals surface area contributed by atoms with E-state index in [0.29, 0.717) is 19.6 Å². The number of amides is 2. The second-order valence-electron chi connectivity index (χ2n) is 9.11. The molecule has 0 radical (unpaired) electrons. The fourth-order valence-electron chi connectivity index (χ4n) is 4.98. The Bertz CT molecular complexity index is 1070. The summed E-state index contributed by atoms with van der Waals surface area (Å²) >= 11 is 1.50. The zero-order chi connectivity index (χ0) is 23.3. The first-order chi connectivity index (χ1) is 16.7. The molecule has 1 saturated carbocycles. The molecule has 0 unspecified atom stereocenters. The molecule has 34 heavy (non-hydrogen) atoms. The van der Waals surface area contributed by atoms with Crippen LogP contribution in [0.25, 0.3) is 0 Å². The Labute approximate surface area is 204 Å². The van der Waals surface area contributed by atoms with E-state index < -0.39 is 0 Å². The van der Waals surface area contributed by atoms with Gasteiger partial charge in [0.1, 0.15) is 0 Å². The maximum Gasteiger partial charge on any atom is 0.264 e. The van der Waals surface area contributed by atoms with Gasteiger partial charge in [0, 0.05) is 49.7 Å². The molecule has 0 spiro atoms. The SMILES string of the molecule is O=C(c1cccs1)N1CCN(c2ccc(N(Cc3cnc[nH]3)C(=O)C3CCCCC3)cc2)CC1. The molecule has 1 N–H and O–H groups in total. The summed E-state index contributed by atoms with van der Waals surface area (Å²) in [7, 11) is 0. The number of H-pyrrole nitrogens is 1. The van der Waals surface area contributed by atoms with Crippen molar-refractivity contribution >= 4 is 34.5 Å². The number of imidazole rings is 1. The molecular formula is C26H31N5O2S. The number of carbonyl (C=O) groups excluding carboxylic acids is 2. The number of piperazine rings is 1. The van der Waals surface area contributed by atoms with Gasteiger partial charge < -0.3 is 19.7 Å². The van der Waals surface area contributed by atoms with Crippen molar-refractivity contribution in [3.05, 3.63) is 64.9 Å². The summed E-state index contributed by atoms with van der Waals surface area (Å²) < 4.78 is 0. The number of aromatic nitrogens is 2. The van der Waals surface area contributed by atoms with E-state index >= 15 is 0 Å². The van der Waals surface area contributed by atoms with Crippen molar-refractivity contribution in [1.82, 2.24) is 14.9 Å². The molecule has 178 valence electrons. The summed E-state index contributed by atoms with van der Waals surface area (Å²) in [6.45, 7) is 3.53. The Morgan fingerprint density at radius 1 is 1.03 bits per heavy atom. The number of nitrogens with zero attached hydrogens (tertiary/aromatic N) is 4. The normalized spacial score (nSPS) is 17.1. The molecule has 3 heterocycles. The molecule has 5 rings (SSSR count). The summed E-state index contributed by atoms with van der Waals surface area (Å²) in [5.74, 6) is 0.439. The van der Waals surface area contributed by atoms with Gasteiger partial charge in [0.05, 0.1) is 23.4 Å². The molecule has 8 heteroatoms. The number of hydrogen-bond donors (Lipinski definition) is 1. The van der Waals surface area contributed by atoms with Gasteiger partial charge in [-0.25, -0.2) is 4.98 Å². The lowest BCUT2D eigenvalue weighted by atomic mass is 9.88. The van der Waals surface area contributed by atoms with Crippen LogP contribution in [0.4, 0.5) is 11.4 Å². The second kappa shape index (κ2) is 10.4. The fourth-order valence-corrected chi connectivity index (χ4v) is 5.67. The van der Waals surface area contributed by atoms with Gasteiger partial charge >= 0.3 is 0 Å². The zero-order valence-corrected chi connectivity index (χ0v) is 20.2. The van der Waals surface area contributed by atoms with E-state index in [9.17, 15) is 9.59 Å². The number of carbonyl (C=O) groups is 2. The van der Waals surface area contributed by atoms with Gasteiger partial charge in [-0.15, -0.1) is 11.3 Å². The topological polar surface area (TPSA) is 72.5 Å². The van der Waals surface area contributed by atoms with Crippen LogP contribution in [0.5, 0.6) is 0 Å². The van der Waals surface area contributed by atoms with Gasteiger partial charge in [0.2, 0.25) is 5.91 Å². The van der Waals surface area contributed by atoms with Crippen LogP contribution >= 0.6 is 11.3 Å². The van der Waals surface area contributed by atoms with Crippen LogP contribution in [-0.2, 0) is 11.3 Å². The lowest BCUT2D eigenvalue weighted by molar-refractivity contribution is -0.123. The highest BCUT2D eigenvalue weighted by molar-refractivity contribution is 7.12. The van der Waals surface area contributed by atoms with Crippen molar-refractivity contribution in [3.8, 4) is 0 Å². The van der Waals surface area contributed by atoms with Crippen LogP contribution < -0.4 is 9.80 Å². The maximum atomic E-state index is 13.5. The van der Waals surface area contributed by atoms with Crippen LogP contribution in [0, 0.1) is 5.92 Å². The first-order valence-electron chi connectivity index (χ1n) is 12.2. The highest BCUT2D eigenvalue weighted by Crippen LogP contribution is 2.30. The van der Waals surface area contributed by atoms with E-state index in [0.717, 1.165) is 60.7 Å². The minimum absolute atomic E-state index is 0.102. The number of rotatable bonds is 6. The first kappa shape index (κ1) is 22.7. The molecule has 1 aromatic carbocycles. The third-order valence-electron chi connectivity index (χ3n) is 6.93. The highest BCUT2D eigenvalue weighted by Gasteiger charge is 2.28. The van der Waals surface area contributed by atoms with E-state index in [1.807, 2.05) is 27.3 Å². The largest absolute Gasteiger partial charge is 0.368 e. The number of hydrogen-bond acceptors (Lipinski definition) is 5. The van der Waals surface area contributed by atoms with E-state index in [2.05, 4.69) is 39.1 Å². The number of anilines is 2. The van der Waals surface area contributed by atoms with E-state index in [1.165, 1.54) is 17.8 Å². The van der Waals surface area contributed by atoms with Crippen molar-refractivity contribution < 1.29 is 9.59 Å². The van der Waals surface area contributed by atoms with Gasteiger partial charge in [-0.3, -0.25) is 9.59 Å². The van der Waals surface area contributed by atoms with E-state index in [-0.39, 0.29) is 17.7 Å². The predicted octanol–water partition coefficient (Wildman–Crippen LogP) is 4.55. The average molecular weight is 478 g/mol. The van der Waals surface area contributed by atoms with Crippen LogP contribution in [0.3, 0.4) is 0 Å². The quantitative estimate of drug-likeness (QED) is 0.566. The number of nitrogens with one attached hydrogen (secondary N) is 1. The summed E-state index contributed by atoms with van der Waals surface area (Å²) in [5.41, 5.74) is 2.97. The lowest BCUT2D eigenvalue weighted by Gasteiger charge is -2.36. The van der Waals surface area contributed by atoms with Crippen molar-refractivity contribution in [2.45, 2.75) is 38.6 Å².